The number of aromatic nitrogens is 3. The van der Waals surface area contributed by atoms with Crippen LogP contribution in [-0.2, 0) is 9.84 Å². The molecule has 3 rings (SSSR count). The Kier molecular flexibility index (Phi) is 4.47. The number of carbonyl (C=O) groups excluding carboxylic acids is 1. The first-order valence-corrected chi connectivity index (χ1v) is 9.14. The maximum atomic E-state index is 12.9. The highest BCUT2D eigenvalue weighted by molar-refractivity contribution is 7.91. The van der Waals surface area contributed by atoms with Gasteiger partial charge in [-0.3, -0.25) is 9.89 Å². The molecule has 0 fully saturated rings. The number of carbonyl (C=O) groups is 1. The summed E-state index contributed by atoms with van der Waals surface area (Å²) >= 11 is 0.914. The maximum Gasteiger partial charge on any atom is 0.215 e. The van der Waals surface area contributed by atoms with Crippen LogP contribution in [0.4, 0.5) is 4.39 Å². The van der Waals surface area contributed by atoms with E-state index in [0.717, 1.165) is 41.7 Å². The van der Waals surface area contributed by atoms with Crippen LogP contribution in [0.2, 0.25) is 0 Å². The van der Waals surface area contributed by atoms with Gasteiger partial charge in [0.2, 0.25) is 15.7 Å². The number of sulfone groups is 1. The van der Waals surface area contributed by atoms with E-state index >= 15 is 0 Å². The number of nitrogens with zero attached hydrogens (tertiary/aromatic N) is 2. The third kappa shape index (κ3) is 3.49. The molecule has 0 aliphatic rings. The molecule has 0 saturated carbocycles. The normalized spacial score (nSPS) is 12.3. The Morgan fingerprint density at radius 2 is 1.96 bits per heavy atom. The smallest absolute Gasteiger partial charge is 0.215 e. The van der Waals surface area contributed by atoms with E-state index in [4.69, 9.17) is 0 Å². The van der Waals surface area contributed by atoms with Gasteiger partial charge in [0.05, 0.1) is 14.7 Å². The summed E-state index contributed by atoms with van der Waals surface area (Å²) in [7, 11) is -3.86. The number of nitrogens with one attached hydrogen (secondary N) is 1. The number of hydrogen-bond acceptors (Lipinski definition) is 7. The Bertz CT molecular complexity index is 1040. The van der Waals surface area contributed by atoms with Gasteiger partial charge in [-0.1, -0.05) is 0 Å². The summed E-state index contributed by atoms with van der Waals surface area (Å²) < 4.78 is 37.9. The Morgan fingerprint density at radius 1 is 1.24 bits per heavy atom. The molecule has 0 unspecified atom stereocenters. The van der Waals surface area contributed by atoms with Crippen molar-refractivity contribution in [1.82, 2.24) is 15.2 Å². The largest absolute Gasteiger partial charge is 0.504 e. The molecular formula is C15H10FN3O4S2. The molecule has 25 heavy (non-hydrogen) atoms. The van der Waals surface area contributed by atoms with E-state index in [1.807, 2.05) is 0 Å². The van der Waals surface area contributed by atoms with Crippen LogP contribution >= 0.6 is 11.3 Å². The third-order valence-electron chi connectivity index (χ3n) is 3.16. The second kappa shape index (κ2) is 6.57. The van der Waals surface area contributed by atoms with E-state index in [0.29, 0.717) is 0 Å². The molecule has 0 amide bonds. The van der Waals surface area contributed by atoms with Crippen LogP contribution in [0, 0.1) is 5.82 Å². The number of allylic oxidation sites excluding steroid dienone is 1. The van der Waals surface area contributed by atoms with Gasteiger partial charge in [0.1, 0.15) is 12.1 Å². The van der Waals surface area contributed by atoms with Gasteiger partial charge in [0, 0.05) is 11.5 Å². The second-order valence-corrected chi connectivity index (χ2v) is 7.68. The molecule has 0 aliphatic heterocycles. The molecule has 2 heterocycles. The van der Waals surface area contributed by atoms with Crippen molar-refractivity contribution in [2.45, 2.75) is 9.79 Å². The third-order valence-corrected chi connectivity index (χ3v) is 6.01. The summed E-state index contributed by atoms with van der Waals surface area (Å²) in [6.07, 6.45) is 2.14. The first kappa shape index (κ1) is 17.0. The highest BCUT2D eigenvalue weighted by Gasteiger charge is 2.21. The fourth-order valence-corrected chi connectivity index (χ4v) is 4.38. The van der Waals surface area contributed by atoms with Crippen LogP contribution in [0.25, 0.3) is 5.76 Å². The van der Waals surface area contributed by atoms with Gasteiger partial charge in [-0.05, 0) is 30.3 Å². The molecule has 2 N–H and O–H groups in total. The quantitative estimate of drug-likeness (QED) is 0.305. The molecule has 1 aromatic carbocycles. The van der Waals surface area contributed by atoms with Gasteiger partial charge >= 0.3 is 0 Å². The van der Waals surface area contributed by atoms with Crippen molar-refractivity contribution in [2.75, 3.05) is 0 Å². The number of halogens is 1. The number of aliphatic hydroxyl groups excluding tert-OH is 1. The van der Waals surface area contributed by atoms with E-state index < -0.39 is 27.2 Å². The molecule has 10 heteroatoms. The Hall–Kier alpha value is -2.85. The number of aromatic amines is 1. The van der Waals surface area contributed by atoms with E-state index in [1.165, 1.54) is 17.8 Å². The number of thiophene rings is 1. The van der Waals surface area contributed by atoms with Gasteiger partial charge in [0.25, 0.3) is 0 Å². The lowest BCUT2D eigenvalue weighted by Gasteiger charge is -2.01. The van der Waals surface area contributed by atoms with E-state index in [2.05, 4.69) is 15.2 Å². The number of rotatable bonds is 5. The number of benzene rings is 1. The predicted molar refractivity (Wildman–Crippen MR) is 87.5 cm³/mol. The van der Waals surface area contributed by atoms with Crippen molar-refractivity contribution in [1.29, 1.82) is 0 Å². The van der Waals surface area contributed by atoms with E-state index in [1.54, 1.807) is 0 Å². The molecule has 0 bridgehead atoms. The van der Waals surface area contributed by atoms with Crippen molar-refractivity contribution >= 4 is 32.7 Å². The maximum absolute atomic E-state index is 12.9. The molecule has 0 aliphatic carbocycles. The lowest BCUT2D eigenvalue weighted by atomic mass is 10.3. The van der Waals surface area contributed by atoms with Crippen molar-refractivity contribution < 1.29 is 22.7 Å². The number of H-pyrrole nitrogens is 1. The van der Waals surface area contributed by atoms with Crippen LogP contribution in [0.1, 0.15) is 15.5 Å². The average molecular weight is 379 g/mol. The second-order valence-electron chi connectivity index (χ2n) is 4.82. The summed E-state index contributed by atoms with van der Waals surface area (Å²) in [6, 6.07) is 5.59. The zero-order valence-electron chi connectivity index (χ0n) is 12.4. The first-order valence-electron chi connectivity index (χ1n) is 6.78. The standard InChI is InChI=1S/C15H10FN3O4S2/c16-9-1-3-10(4-2-9)25(22,23)11-5-14(24-7-11)12(20)6-13(21)15-17-8-18-19-15/h1-8,21H,(H,17,18,19). The summed E-state index contributed by atoms with van der Waals surface area (Å²) in [5.41, 5.74) is 0. The molecule has 0 spiro atoms. The van der Waals surface area contributed by atoms with Crippen molar-refractivity contribution in [2.24, 2.45) is 0 Å². The van der Waals surface area contributed by atoms with E-state index in [-0.39, 0.29) is 20.5 Å². The SMILES string of the molecule is O=C(C=C(O)c1nc[nH]n1)c1cc(S(=O)(=O)c2ccc(F)cc2)cs1. The molecule has 128 valence electrons. The molecule has 0 saturated heterocycles. The Morgan fingerprint density at radius 3 is 2.60 bits per heavy atom. The molecule has 3 aromatic rings. The fraction of sp³-hybridized carbons (Fsp3) is 0. The van der Waals surface area contributed by atoms with Gasteiger partial charge < -0.3 is 5.11 Å². The van der Waals surface area contributed by atoms with Crippen molar-refractivity contribution in [3.8, 4) is 0 Å². The van der Waals surface area contributed by atoms with Gasteiger partial charge in [-0.2, -0.15) is 5.10 Å². The molecule has 0 radical (unpaired) electrons. The van der Waals surface area contributed by atoms with Crippen LogP contribution in [0.5, 0.6) is 0 Å². The van der Waals surface area contributed by atoms with Crippen LogP contribution in [-0.4, -0.2) is 34.5 Å². The van der Waals surface area contributed by atoms with Crippen LogP contribution < -0.4 is 0 Å². The topological polar surface area (TPSA) is 113 Å². The van der Waals surface area contributed by atoms with Crippen LogP contribution in [0.15, 0.2) is 57.9 Å². The summed E-state index contributed by atoms with van der Waals surface area (Å²) in [6.45, 7) is 0. The zero-order valence-corrected chi connectivity index (χ0v) is 14.0. The predicted octanol–water partition coefficient (Wildman–Crippen LogP) is 2.62. The monoisotopic (exact) mass is 379 g/mol. The number of aliphatic hydroxyl groups is 1. The minimum absolute atomic E-state index is 0.0518. The lowest BCUT2D eigenvalue weighted by molar-refractivity contribution is 0.104. The highest BCUT2D eigenvalue weighted by Crippen LogP contribution is 2.26. The number of ketones is 1. The zero-order chi connectivity index (χ0) is 18.0. The highest BCUT2D eigenvalue weighted by atomic mass is 32.2. The van der Waals surface area contributed by atoms with Gasteiger partial charge in [-0.15, -0.1) is 11.3 Å². The Labute approximate surface area is 145 Å². The average Bonchev–Trinajstić information content (AvgIpc) is 3.27. The lowest BCUT2D eigenvalue weighted by Crippen LogP contribution is -2.01. The van der Waals surface area contributed by atoms with E-state index in [9.17, 15) is 22.7 Å². The summed E-state index contributed by atoms with van der Waals surface area (Å²) in [5, 5.41) is 17.1. The molecule has 2 aromatic heterocycles. The number of hydrogen-bond donors (Lipinski definition) is 2. The Balaban J connectivity index is 1.88. The molecular weight excluding hydrogens is 369 g/mol. The van der Waals surface area contributed by atoms with Crippen molar-refractivity contribution in [3.63, 3.8) is 0 Å². The summed E-state index contributed by atoms with van der Waals surface area (Å²) in [4.78, 5) is 15.8. The minimum atomic E-state index is -3.86. The van der Waals surface area contributed by atoms with Gasteiger partial charge in [-0.25, -0.2) is 17.8 Å². The van der Waals surface area contributed by atoms with Crippen LogP contribution in [0.3, 0.4) is 0 Å². The first-order chi connectivity index (χ1) is 11.9. The minimum Gasteiger partial charge on any atom is -0.504 e. The molecule has 7 nitrogen and oxygen atoms in total. The van der Waals surface area contributed by atoms with Crippen molar-refractivity contribution in [3.05, 3.63) is 64.6 Å². The summed E-state index contributed by atoms with van der Waals surface area (Å²) in [5.74, 6) is -1.63. The fourth-order valence-electron chi connectivity index (χ4n) is 1.93. The van der Waals surface area contributed by atoms with Gasteiger partial charge in [0.15, 0.2) is 11.5 Å². The molecule has 0 atom stereocenters.